The summed E-state index contributed by atoms with van der Waals surface area (Å²) in [6.07, 6.45) is -0.327. The van der Waals surface area contributed by atoms with E-state index in [4.69, 9.17) is 9.47 Å². The van der Waals surface area contributed by atoms with Crippen molar-refractivity contribution in [2.75, 3.05) is 19.8 Å². The van der Waals surface area contributed by atoms with Crippen LogP contribution in [-0.2, 0) is 4.74 Å². The lowest BCUT2D eigenvalue weighted by Gasteiger charge is -2.12. The fourth-order valence-electron chi connectivity index (χ4n) is 1.36. The van der Waals surface area contributed by atoms with Crippen molar-refractivity contribution >= 4 is 12.0 Å². The van der Waals surface area contributed by atoms with E-state index in [-0.39, 0.29) is 30.2 Å². The number of nitrogens with zero attached hydrogens (tertiary/aromatic N) is 1. The van der Waals surface area contributed by atoms with E-state index in [1.54, 1.807) is 6.92 Å². The average Bonchev–Trinajstić information content (AvgIpc) is 2.42. The number of aliphatic hydroxyl groups excluding tert-OH is 1. The van der Waals surface area contributed by atoms with Gasteiger partial charge in [0.05, 0.1) is 11.5 Å². The van der Waals surface area contributed by atoms with Crippen LogP contribution in [0.3, 0.4) is 0 Å². The molecule has 0 heterocycles. The lowest BCUT2D eigenvalue weighted by atomic mass is 10.2. The first-order valence-electron chi connectivity index (χ1n) is 5.70. The minimum Gasteiger partial charge on any atom is -0.484 e. The summed E-state index contributed by atoms with van der Waals surface area (Å²) in [7, 11) is 0. The number of hydrogen-bond donors (Lipinski definition) is 1. The fraction of sp³-hybridized carbons (Fsp3) is 0.417. The molecule has 7 heteroatoms. The van der Waals surface area contributed by atoms with Gasteiger partial charge in [-0.05, 0) is 19.1 Å². The van der Waals surface area contributed by atoms with Gasteiger partial charge in [-0.2, -0.15) is 0 Å². The van der Waals surface area contributed by atoms with Gasteiger partial charge < -0.3 is 14.6 Å². The monoisotopic (exact) mass is 269 g/mol. The van der Waals surface area contributed by atoms with Crippen molar-refractivity contribution in [3.05, 3.63) is 33.9 Å². The van der Waals surface area contributed by atoms with E-state index in [1.165, 1.54) is 18.2 Å². The molecule has 1 N–H and O–H groups in total. The van der Waals surface area contributed by atoms with E-state index >= 15 is 0 Å². The molecule has 0 saturated heterocycles. The summed E-state index contributed by atoms with van der Waals surface area (Å²) in [5.74, 6) is -0.0508. The van der Waals surface area contributed by atoms with Crippen molar-refractivity contribution in [3.8, 4) is 5.75 Å². The van der Waals surface area contributed by atoms with E-state index < -0.39 is 11.0 Å². The van der Waals surface area contributed by atoms with Crippen molar-refractivity contribution in [2.45, 2.75) is 13.0 Å². The van der Waals surface area contributed by atoms with Crippen molar-refractivity contribution in [3.63, 3.8) is 0 Å². The van der Waals surface area contributed by atoms with Crippen LogP contribution in [0.2, 0.25) is 0 Å². The predicted molar refractivity (Wildman–Crippen MR) is 66.5 cm³/mol. The molecule has 0 amide bonds. The van der Waals surface area contributed by atoms with E-state index in [0.717, 1.165) is 0 Å². The Morgan fingerprint density at radius 1 is 1.47 bits per heavy atom. The zero-order chi connectivity index (χ0) is 14.3. The number of benzene rings is 1. The third-order valence-corrected chi connectivity index (χ3v) is 2.26. The Kier molecular flexibility index (Phi) is 5.91. The third kappa shape index (κ3) is 4.65. The summed E-state index contributed by atoms with van der Waals surface area (Å²) in [5, 5.41) is 20.3. The Hall–Kier alpha value is -1.99. The number of carbonyl (C=O) groups is 1. The second-order valence-corrected chi connectivity index (χ2v) is 3.73. The van der Waals surface area contributed by atoms with Gasteiger partial charge in [0.1, 0.15) is 19.0 Å². The first-order valence-corrected chi connectivity index (χ1v) is 5.70. The number of nitro benzene ring substituents is 1. The number of aliphatic hydroxyl groups is 1. The highest BCUT2D eigenvalue weighted by Crippen LogP contribution is 2.27. The van der Waals surface area contributed by atoms with E-state index in [0.29, 0.717) is 12.9 Å². The molecule has 19 heavy (non-hydrogen) atoms. The molecule has 1 rings (SSSR count). The number of carbonyl (C=O) groups excluding carboxylic acids is 1. The quantitative estimate of drug-likeness (QED) is 0.432. The lowest BCUT2D eigenvalue weighted by Crippen LogP contribution is -2.23. The molecule has 7 nitrogen and oxygen atoms in total. The minimum absolute atomic E-state index is 0.0508. The molecule has 1 unspecified atom stereocenters. The summed E-state index contributed by atoms with van der Waals surface area (Å²) in [6, 6.07) is 3.78. The Morgan fingerprint density at radius 3 is 2.79 bits per heavy atom. The van der Waals surface area contributed by atoms with Crippen LogP contribution in [0.15, 0.2) is 18.2 Å². The molecule has 104 valence electrons. The number of nitro groups is 1. The Labute approximate surface area is 109 Å². The molecule has 0 saturated carbocycles. The second kappa shape index (κ2) is 7.45. The van der Waals surface area contributed by atoms with Crippen LogP contribution in [0.5, 0.6) is 5.75 Å². The van der Waals surface area contributed by atoms with Gasteiger partial charge >= 0.3 is 5.69 Å². The van der Waals surface area contributed by atoms with Crippen molar-refractivity contribution in [1.82, 2.24) is 0 Å². The summed E-state index contributed by atoms with van der Waals surface area (Å²) >= 11 is 0. The minimum atomic E-state index is -0.889. The molecule has 0 aromatic heterocycles. The first kappa shape index (κ1) is 15.1. The van der Waals surface area contributed by atoms with Crippen LogP contribution in [0.25, 0.3) is 0 Å². The smallest absolute Gasteiger partial charge is 0.310 e. The zero-order valence-corrected chi connectivity index (χ0v) is 10.4. The number of hydrogen-bond acceptors (Lipinski definition) is 6. The van der Waals surface area contributed by atoms with Crippen LogP contribution < -0.4 is 4.74 Å². The fourth-order valence-corrected chi connectivity index (χ4v) is 1.36. The number of rotatable bonds is 8. The van der Waals surface area contributed by atoms with E-state index in [9.17, 15) is 20.0 Å². The molecule has 0 aliphatic heterocycles. The van der Waals surface area contributed by atoms with Crippen LogP contribution in [-0.4, -0.2) is 42.2 Å². The van der Waals surface area contributed by atoms with E-state index in [1.807, 2.05) is 0 Å². The summed E-state index contributed by atoms with van der Waals surface area (Å²) < 4.78 is 10.2. The highest BCUT2D eigenvalue weighted by molar-refractivity contribution is 5.76. The molecule has 0 spiro atoms. The maximum atomic E-state index is 10.8. The number of aldehydes is 1. The Balaban J connectivity index is 2.74. The molecular weight excluding hydrogens is 254 g/mol. The first-order chi connectivity index (χ1) is 9.08. The van der Waals surface area contributed by atoms with Crippen LogP contribution >= 0.6 is 0 Å². The molecular formula is C12H15NO6. The van der Waals surface area contributed by atoms with Gasteiger partial charge in [0, 0.05) is 18.2 Å². The van der Waals surface area contributed by atoms with Gasteiger partial charge in [-0.1, -0.05) is 0 Å². The molecule has 1 aromatic rings. The van der Waals surface area contributed by atoms with Gasteiger partial charge in [-0.3, -0.25) is 14.9 Å². The molecule has 0 radical (unpaired) electrons. The second-order valence-electron chi connectivity index (χ2n) is 3.73. The van der Waals surface area contributed by atoms with E-state index in [2.05, 4.69) is 0 Å². The normalized spacial score (nSPS) is 11.9. The summed E-state index contributed by atoms with van der Waals surface area (Å²) in [4.78, 5) is 20.8. The van der Waals surface area contributed by atoms with Crippen LogP contribution in [0.4, 0.5) is 5.69 Å². The Bertz CT molecular complexity index is 448. The van der Waals surface area contributed by atoms with Gasteiger partial charge in [0.15, 0.2) is 5.75 Å². The largest absolute Gasteiger partial charge is 0.484 e. The van der Waals surface area contributed by atoms with Crippen LogP contribution in [0.1, 0.15) is 17.3 Å². The van der Waals surface area contributed by atoms with Crippen molar-refractivity contribution in [1.29, 1.82) is 0 Å². The standard InChI is InChI=1S/C12H15NO6/c1-2-18-7-10(15)8-19-12-5-9(6-14)3-4-11(12)13(16)17/h3-6,10,15H,2,7-8H2,1H3. The van der Waals surface area contributed by atoms with Crippen molar-refractivity contribution in [2.24, 2.45) is 0 Å². The topological polar surface area (TPSA) is 98.9 Å². The molecule has 0 aliphatic rings. The molecule has 0 aliphatic carbocycles. The van der Waals surface area contributed by atoms with Crippen molar-refractivity contribution < 1.29 is 24.3 Å². The van der Waals surface area contributed by atoms with Gasteiger partial charge in [0.25, 0.3) is 0 Å². The zero-order valence-electron chi connectivity index (χ0n) is 10.4. The maximum absolute atomic E-state index is 10.8. The molecule has 0 fully saturated rings. The van der Waals surface area contributed by atoms with Crippen LogP contribution in [0, 0.1) is 10.1 Å². The summed E-state index contributed by atoms with van der Waals surface area (Å²) in [6.45, 7) is 2.17. The van der Waals surface area contributed by atoms with Gasteiger partial charge in [-0.15, -0.1) is 0 Å². The predicted octanol–water partition coefficient (Wildman–Crippen LogP) is 1.18. The SMILES string of the molecule is CCOCC(O)COc1cc(C=O)ccc1[N+](=O)[O-]. The third-order valence-electron chi connectivity index (χ3n) is 2.26. The highest BCUT2D eigenvalue weighted by Gasteiger charge is 2.17. The maximum Gasteiger partial charge on any atom is 0.310 e. The Morgan fingerprint density at radius 2 is 2.21 bits per heavy atom. The summed E-state index contributed by atoms with van der Waals surface area (Å²) in [5.41, 5.74) is 0.00843. The van der Waals surface area contributed by atoms with Gasteiger partial charge in [-0.25, -0.2) is 0 Å². The number of ether oxygens (including phenoxy) is 2. The molecule has 1 aromatic carbocycles. The average molecular weight is 269 g/mol. The molecule has 0 bridgehead atoms. The highest BCUT2D eigenvalue weighted by atomic mass is 16.6. The molecule has 1 atom stereocenters. The lowest BCUT2D eigenvalue weighted by molar-refractivity contribution is -0.385. The van der Waals surface area contributed by atoms with Gasteiger partial charge in [0.2, 0.25) is 0 Å².